The summed E-state index contributed by atoms with van der Waals surface area (Å²) >= 11 is 0. The SMILES string of the molecule is C#Cc1c(F)ccc2cc(O)cc(Cn3cnc4c(OC5CCN(C)CC5)nc(N5C[C@H]6CC[C@@H](C5)N6)nc43)c12. The Morgan fingerprint density at radius 1 is 1.12 bits per heavy atom. The number of likely N-dealkylation sites (tertiary alicyclic amines) is 1. The van der Waals surface area contributed by atoms with Crippen LogP contribution in [-0.4, -0.2) is 80.9 Å². The summed E-state index contributed by atoms with van der Waals surface area (Å²) in [5.74, 6) is 3.24. The minimum absolute atomic E-state index is 0.0580. The molecular weight excluding hydrogens is 509 g/mol. The second-order valence-corrected chi connectivity index (χ2v) is 11.3. The fraction of sp³-hybridized carbons (Fsp3) is 0.433. The zero-order valence-corrected chi connectivity index (χ0v) is 22.5. The molecule has 2 atom stereocenters. The van der Waals surface area contributed by atoms with E-state index in [0.717, 1.165) is 51.9 Å². The van der Waals surface area contributed by atoms with Crippen molar-refractivity contribution in [2.24, 2.45) is 0 Å². The second-order valence-electron chi connectivity index (χ2n) is 11.3. The molecule has 0 unspecified atom stereocenters. The Labute approximate surface area is 232 Å². The highest BCUT2D eigenvalue weighted by Gasteiger charge is 2.34. The summed E-state index contributed by atoms with van der Waals surface area (Å²) in [6.07, 6.45) is 11.6. The van der Waals surface area contributed by atoms with Gasteiger partial charge in [0.05, 0.1) is 18.4 Å². The molecule has 206 valence electrons. The number of imidazole rings is 1. The number of aromatic hydroxyl groups is 1. The molecule has 0 radical (unpaired) electrons. The maximum atomic E-state index is 14.7. The van der Waals surface area contributed by atoms with Crippen LogP contribution < -0.4 is 15.0 Å². The van der Waals surface area contributed by atoms with Gasteiger partial charge in [-0.1, -0.05) is 12.0 Å². The third kappa shape index (κ3) is 4.49. The smallest absolute Gasteiger partial charge is 0.247 e. The molecule has 7 rings (SSSR count). The quantitative estimate of drug-likeness (QED) is 0.372. The van der Waals surface area contributed by atoms with Crippen molar-refractivity contribution >= 4 is 27.9 Å². The summed E-state index contributed by atoms with van der Waals surface area (Å²) in [6.45, 7) is 3.91. The van der Waals surface area contributed by atoms with E-state index in [1.54, 1.807) is 24.5 Å². The van der Waals surface area contributed by atoms with Crippen molar-refractivity contribution in [3.63, 3.8) is 0 Å². The van der Waals surface area contributed by atoms with Crippen molar-refractivity contribution in [3.05, 3.63) is 47.5 Å². The number of halogens is 1. The predicted molar refractivity (Wildman–Crippen MR) is 151 cm³/mol. The average molecular weight is 542 g/mol. The topological polar surface area (TPSA) is 91.6 Å². The maximum absolute atomic E-state index is 14.7. The van der Waals surface area contributed by atoms with Crippen LogP contribution in [0.25, 0.3) is 21.9 Å². The van der Waals surface area contributed by atoms with Gasteiger partial charge in [0.15, 0.2) is 11.2 Å². The van der Waals surface area contributed by atoms with Crippen molar-refractivity contribution < 1.29 is 14.2 Å². The van der Waals surface area contributed by atoms with Crippen LogP contribution in [0.5, 0.6) is 11.6 Å². The molecule has 2 aromatic heterocycles. The van der Waals surface area contributed by atoms with Crippen molar-refractivity contribution in [3.8, 4) is 24.0 Å². The van der Waals surface area contributed by atoms with E-state index in [9.17, 15) is 9.50 Å². The van der Waals surface area contributed by atoms with E-state index >= 15 is 0 Å². The third-order valence-electron chi connectivity index (χ3n) is 8.48. The first-order chi connectivity index (χ1) is 19.4. The Bertz CT molecular complexity index is 1630. The molecule has 9 nitrogen and oxygen atoms in total. The first kappa shape index (κ1) is 25.1. The Morgan fingerprint density at radius 2 is 1.90 bits per heavy atom. The van der Waals surface area contributed by atoms with Gasteiger partial charge in [-0.15, -0.1) is 6.42 Å². The lowest BCUT2D eigenvalue weighted by Crippen LogP contribution is -2.51. The summed E-state index contributed by atoms with van der Waals surface area (Å²) < 4.78 is 23.1. The lowest BCUT2D eigenvalue weighted by molar-refractivity contribution is 0.111. The molecule has 5 heterocycles. The number of benzene rings is 2. The molecule has 0 aliphatic carbocycles. The van der Waals surface area contributed by atoms with E-state index in [1.807, 2.05) is 4.57 Å². The van der Waals surface area contributed by atoms with Crippen LogP contribution in [0.3, 0.4) is 0 Å². The number of fused-ring (bicyclic) bond motifs is 4. The van der Waals surface area contributed by atoms with E-state index in [-0.39, 0.29) is 24.0 Å². The number of aromatic nitrogens is 4. The monoisotopic (exact) mass is 541 g/mol. The maximum Gasteiger partial charge on any atom is 0.247 e. The van der Waals surface area contributed by atoms with Crippen LogP contribution in [0.1, 0.15) is 36.8 Å². The molecule has 3 aliphatic rings. The van der Waals surface area contributed by atoms with Crippen molar-refractivity contribution in [1.29, 1.82) is 0 Å². The van der Waals surface area contributed by atoms with Crippen LogP contribution in [0, 0.1) is 18.2 Å². The van der Waals surface area contributed by atoms with Crippen LogP contribution in [0.15, 0.2) is 30.6 Å². The van der Waals surface area contributed by atoms with Crippen LogP contribution in [-0.2, 0) is 6.54 Å². The van der Waals surface area contributed by atoms with E-state index < -0.39 is 5.82 Å². The highest BCUT2D eigenvalue weighted by molar-refractivity contribution is 5.92. The number of piperazine rings is 1. The predicted octanol–water partition coefficient (Wildman–Crippen LogP) is 3.27. The molecule has 2 aromatic carbocycles. The van der Waals surface area contributed by atoms with E-state index in [0.29, 0.717) is 51.4 Å². The molecule has 3 saturated heterocycles. The molecule has 0 saturated carbocycles. The van der Waals surface area contributed by atoms with Crippen molar-refractivity contribution in [2.45, 2.75) is 50.4 Å². The first-order valence-corrected chi connectivity index (χ1v) is 13.9. The average Bonchev–Trinajstić information content (AvgIpc) is 3.51. The zero-order chi connectivity index (χ0) is 27.4. The van der Waals surface area contributed by atoms with Gasteiger partial charge in [-0.25, -0.2) is 9.37 Å². The minimum atomic E-state index is -0.468. The number of nitrogens with one attached hydrogen (secondary N) is 1. The lowest BCUT2D eigenvalue weighted by Gasteiger charge is -2.33. The Kier molecular flexibility index (Phi) is 6.21. The normalized spacial score (nSPS) is 21.8. The number of anilines is 1. The highest BCUT2D eigenvalue weighted by Crippen LogP contribution is 2.33. The number of nitrogens with zero attached hydrogens (tertiary/aromatic N) is 6. The zero-order valence-electron chi connectivity index (χ0n) is 22.5. The van der Waals surface area contributed by atoms with Crippen LogP contribution in [0.4, 0.5) is 10.3 Å². The number of hydrogen-bond donors (Lipinski definition) is 2. The molecular formula is C30H32FN7O2. The summed E-state index contributed by atoms with van der Waals surface area (Å²) in [5.41, 5.74) is 2.08. The van der Waals surface area contributed by atoms with Crippen LogP contribution in [0.2, 0.25) is 0 Å². The van der Waals surface area contributed by atoms with Gasteiger partial charge < -0.3 is 29.5 Å². The fourth-order valence-electron chi connectivity index (χ4n) is 6.43. The number of ether oxygens (including phenoxy) is 1. The summed E-state index contributed by atoms with van der Waals surface area (Å²) in [4.78, 5) is 19.1. The van der Waals surface area contributed by atoms with Gasteiger partial charge in [0.1, 0.15) is 17.7 Å². The molecule has 2 N–H and O–H groups in total. The number of rotatable bonds is 5. The molecule has 10 heteroatoms. The summed E-state index contributed by atoms with van der Waals surface area (Å²) in [6, 6.07) is 7.04. The van der Waals surface area contributed by atoms with E-state index in [4.69, 9.17) is 21.1 Å². The first-order valence-electron chi connectivity index (χ1n) is 13.9. The van der Waals surface area contributed by atoms with Gasteiger partial charge >= 0.3 is 0 Å². The Hall–Kier alpha value is -3.94. The Balaban J connectivity index is 1.32. The van der Waals surface area contributed by atoms with E-state index in [2.05, 4.69) is 33.1 Å². The second kappa shape index (κ2) is 9.91. The van der Waals surface area contributed by atoms with Gasteiger partial charge in [0, 0.05) is 43.6 Å². The third-order valence-corrected chi connectivity index (χ3v) is 8.48. The van der Waals surface area contributed by atoms with Gasteiger partial charge in [-0.3, -0.25) is 0 Å². The van der Waals surface area contributed by atoms with Gasteiger partial charge in [0.25, 0.3) is 0 Å². The molecule has 3 aliphatic heterocycles. The van der Waals surface area contributed by atoms with Crippen LogP contribution >= 0.6 is 0 Å². The van der Waals surface area contributed by atoms with Crippen molar-refractivity contribution in [1.82, 2.24) is 29.7 Å². The van der Waals surface area contributed by atoms with Gasteiger partial charge in [-0.2, -0.15) is 9.97 Å². The standard InChI is InChI=1S/C30H32FN7O2/c1-3-24-25(31)7-4-18-12-22(39)13-19(26(18)24)14-38-17-32-27-28(38)34-30(37-15-20-5-6-21(16-37)33-20)35-29(27)40-23-8-10-36(2)11-9-23/h1,4,7,12-13,17,20-21,23,33,39H,5-6,8-11,14-16H2,2H3/t20-,21+. The fourth-order valence-corrected chi connectivity index (χ4v) is 6.43. The highest BCUT2D eigenvalue weighted by atomic mass is 19.1. The van der Waals surface area contributed by atoms with Gasteiger partial charge in [0.2, 0.25) is 11.8 Å². The van der Waals surface area contributed by atoms with Crippen molar-refractivity contribution in [2.75, 3.05) is 38.1 Å². The molecule has 0 amide bonds. The van der Waals surface area contributed by atoms with Gasteiger partial charge in [-0.05, 0) is 61.9 Å². The molecule has 40 heavy (non-hydrogen) atoms. The molecule has 4 aromatic rings. The summed E-state index contributed by atoms with van der Waals surface area (Å²) in [5, 5.41) is 15.4. The lowest BCUT2D eigenvalue weighted by atomic mass is 9.98. The summed E-state index contributed by atoms with van der Waals surface area (Å²) in [7, 11) is 2.13. The molecule has 2 bridgehead atoms. The largest absolute Gasteiger partial charge is 0.508 e. The van der Waals surface area contributed by atoms with E-state index in [1.165, 1.54) is 6.07 Å². The number of phenols is 1. The number of phenolic OH excluding ortho intramolecular Hbond substituents is 1. The number of hydrogen-bond acceptors (Lipinski definition) is 8. The molecule has 0 spiro atoms. The number of terminal acetylenes is 1. The minimum Gasteiger partial charge on any atom is -0.508 e. The Morgan fingerprint density at radius 3 is 2.65 bits per heavy atom. The molecule has 3 fully saturated rings. The number of piperidine rings is 1.